The number of carbonyl (C=O) groups excluding carboxylic acids is 2. The van der Waals surface area contributed by atoms with Gasteiger partial charge in [0.2, 0.25) is 0 Å². The number of aliphatic hydroxyl groups excluding tert-OH is 1. The zero-order valence-corrected chi connectivity index (χ0v) is 46.8. The molecule has 0 aliphatic rings. The molecule has 0 heterocycles. The molecule has 0 aliphatic heterocycles. The topological polar surface area (TPSA) is 72.8 Å². The van der Waals surface area contributed by atoms with Crippen LogP contribution in [0.4, 0.5) is 0 Å². The minimum absolute atomic E-state index is 0.0595. The van der Waals surface area contributed by atoms with Crippen LogP contribution in [0.2, 0.25) is 0 Å². The van der Waals surface area contributed by atoms with Crippen molar-refractivity contribution in [3.8, 4) is 0 Å². The summed E-state index contributed by atoms with van der Waals surface area (Å²) in [6.07, 6.45) is 82.3. The molecule has 5 nitrogen and oxygen atoms in total. The predicted molar refractivity (Wildman–Crippen MR) is 307 cm³/mol. The van der Waals surface area contributed by atoms with E-state index in [0.717, 1.165) is 64.2 Å². The van der Waals surface area contributed by atoms with Crippen molar-refractivity contribution < 1.29 is 24.2 Å². The second kappa shape index (κ2) is 60.9. The lowest BCUT2D eigenvalue weighted by Gasteiger charge is -2.15. The van der Waals surface area contributed by atoms with E-state index in [1.165, 1.54) is 231 Å². The molecule has 0 saturated carbocycles. The predicted octanol–water partition coefficient (Wildman–Crippen LogP) is 21.0. The third-order valence-corrected chi connectivity index (χ3v) is 13.8. The van der Waals surface area contributed by atoms with Crippen LogP contribution in [0, 0.1) is 0 Å². The molecule has 70 heavy (non-hydrogen) atoms. The van der Waals surface area contributed by atoms with Crippen LogP contribution in [0.15, 0.2) is 60.8 Å². The van der Waals surface area contributed by atoms with E-state index in [0.29, 0.717) is 12.8 Å². The Hall–Kier alpha value is -2.40. The van der Waals surface area contributed by atoms with Crippen molar-refractivity contribution in [2.45, 2.75) is 328 Å². The molecular formula is C65H118O5. The zero-order chi connectivity index (χ0) is 50.6. The number of esters is 2. The average molecular weight is 980 g/mol. The molecule has 1 unspecified atom stereocenters. The summed E-state index contributed by atoms with van der Waals surface area (Å²) < 4.78 is 10.7. The summed E-state index contributed by atoms with van der Waals surface area (Å²) in [6, 6.07) is 0. The van der Waals surface area contributed by atoms with E-state index in [-0.39, 0.29) is 25.2 Å². The van der Waals surface area contributed by atoms with Gasteiger partial charge in [0.05, 0.1) is 6.61 Å². The van der Waals surface area contributed by atoms with Gasteiger partial charge < -0.3 is 14.6 Å². The van der Waals surface area contributed by atoms with Gasteiger partial charge in [0, 0.05) is 12.8 Å². The van der Waals surface area contributed by atoms with Crippen molar-refractivity contribution in [2.24, 2.45) is 0 Å². The Bertz CT molecular complexity index is 1200. The largest absolute Gasteiger partial charge is 0.462 e. The standard InChI is InChI=1S/C65H118O5/c1-3-5-7-9-11-13-15-17-19-20-21-22-23-24-25-26-27-28-29-30-31-32-33-34-35-36-37-38-39-40-41-42-43-44-46-48-50-52-54-56-58-60-65(68)70-63(61-66)62-69-64(67)59-57-55-53-51-49-47-45-18-16-14-12-10-8-6-4-2/h5,7,11,13,17,19,21-22,24-25,63,66H,3-4,6,8-10,12,14-16,18,20,23,26-62H2,1-2H3/b7-5-,13-11-,19-17-,22-21-,25-24-. The summed E-state index contributed by atoms with van der Waals surface area (Å²) in [5, 5.41) is 9.64. The highest BCUT2D eigenvalue weighted by Gasteiger charge is 2.16. The number of unbranched alkanes of at least 4 members (excludes halogenated alkanes) is 39. The molecule has 0 aromatic rings. The highest BCUT2D eigenvalue weighted by atomic mass is 16.6. The van der Waals surface area contributed by atoms with Crippen LogP contribution in [0.1, 0.15) is 322 Å². The van der Waals surface area contributed by atoms with Crippen molar-refractivity contribution in [3.63, 3.8) is 0 Å². The van der Waals surface area contributed by atoms with Crippen LogP contribution in [-0.4, -0.2) is 36.4 Å². The van der Waals surface area contributed by atoms with E-state index in [2.05, 4.69) is 74.6 Å². The fraction of sp³-hybridized carbons (Fsp3) is 0.815. The molecule has 0 aromatic heterocycles. The third-order valence-electron chi connectivity index (χ3n) is 13.8. The van der Waals surface area contributed by atoms with E-state index in [4.69, 9.17) is 9.47 Å². The van der Waals surface area contributed by atoms with Gasteiger partial charge in [-0.05, 0) is 57.8 Å². The van der Waals surface area contributed by atoms with Crippen LogP contribution in [0.3, 0.4) is 0 Å². The third kappa shape index (κ3) is 58.2. The molecular weight excluding hydrogens is 861 g/mol. The number of aliphatic hydroxyl groups is 1. The Morgan fingerprint density at radius 2 is 0.614 bits per heavy atom. The minimum Gasteiger partial charge on any atom is -0.462 e. The summed E-state index contributed by atoms with van der Waals surface area (Å²) in [5.74, 6) is -0.571. The average Bonchev–Trinajstić information content (AvgIpc) is 3.36. The van der Waals surface area contributed by atoms with E-state index >= 15 is 0 Å². The second-order valence-corrected chi connectivity index (χ2v) is 20.8. The Kier molecular flexibility index (Phi) is 58.8. The summed E-state index contributed by atoms with van der Waals surface area (Å²) in [4.78, 5) is 24.5. The maximum Gasteiger partial charge on any atom is 0.306 e. The van der Waals surface area contributed by atoms with Gasteiger partial charge in [-0.15, -0.1) is 0 Å². The van der Waals surface area contributed by atoms with Crippen LogP contribution in [0.25, 0.3) is 0 Å². The molecule has 0 bridgehead atoms. The number of hydrogen-bond donors (Lipinski definition) is 1. The van der Waals surface area contributed by atoms with Gasteiger partial charge in [0.25, 0.3) is 0 Å². The van der Waals surface area contributed by atoms with E-state index in [1.807, 2.05) is 0 Å². The Morgan fingerprint density at radius 3 is 0.929 bits per heavy atom. The summed E-state index contributed by atoms with van der Waals surface area (Å²) in [7, 11) is 0. The molecule has 0 aliphatic carbocycles. The highest BCUT2D eigenvalue weighted by Crippen LogP contribution is 2.18. The van der Waals surface area contributed by atoms with Crippen LogP contribution in [-0.2, 0) is 19.1 Å². The normalized spacial score (nSPS) is 12.6. The SMILES string of the molecule is CC/C=C\C/C=C\C/C=C\C/C=C\C/C=C\CCCCCCCCCCCCCCCCCCCCCCCCCCCC(=O)OC(CO)COC(=O)CCCCCCCCCCCCCCCCC. The van der Waals surface area contributed by atoms with Crippen molar-refractivity contribution >= 4 is 11.9 Å². The van der Waals surface area contributed by atoms with Crippen molar-refractivity contribution in [1.29, 1.82) is 0 Å². The van der Waals surface area contributed by atoms with Crippen molar-refractivity contribution in [3.05, 3.63) is 60.8 Å². The molecule has 1 N–H and O–H groups in total. The number of ether oxygens (including phenoxy) is 2. The molecule has 1 atom stereocenters. The summed E-state index contributed by atoms with van der Waals surface area (Å²) in [5.41, 5.74) is 0. The summed E-state index contributed by atoms with van der Waals surface area (Å²) >= 11 is 0. The van der Waals surface area contributed by atoms with Gasteiger partial charge in [-0.25, -0.2) is 0 Å². The van der Waals surface area contributed by atoms with Gasteiger partial charge in [0.15, 0.2) is 6.10 Å². The number of carbonyl (C=O) groups is 2. The first-order valence-electron chi connectivity index (χ1n) is 30.8. The van der Waals surface area contributed by atoms with Gasteiger partial charge in [0.1, 0.15) is 6.61 Å². The molecule has 0 amide bonds. The molecule has 0 saturated heterocycles. The van der Waals surface area contributed by atoms with Crippen molar-refractivity contribution in [2.75, 3.05) is 13.2 Å². The zero-order valence-electron chi connectivity index (χ0n) is 46.8. The Labute approximate surface area is 436 Å². The first-order chi connectivity index (χ1) is 34.6. The summed E-state index contributed by atoms with van der Waals surface area (Å²) in [6.45, 7) is 4.06. The Balaban J connectivity index is 3.38. The van der Waals surface area contributed by atoms with E-state index in [9.17, 15) is 14.7 Å². The lowest BCUT2D eigenvalue weighted by molar-refractivity contribution is -0.161. The van der Waals surface area contributed by atoms with E-state index in [1.54, 1.807) is 0 Å². The number of rotatable bonds is 57. The quantitative estimate of drug-likeness (QED) is 0.0373. The van der Waals surface area contributed by atoms with E-state index < -0.39 is 6.10 Å². The number of allylic oxidation sites excluding steroid dienone is 10. The fourth-order valence-corrected chi connectivity index (χ4v) is 9.23. The number of hydrogen-bond acceptors (Lipinski definition) is 5. The monoisotopic (exact) mass is 979 g/mol. The van der Waals surface area contributed by atoms with Gasteiger partial charge in [-0.1, -0.05) is 312 Å². The second-order valence-electron chi connectivity index (χ2n) is 20.8. The van der Waals surface area contributed by atoms with Gasteiger partial charge in [-0.3, -0.25) is 9.59 Å². The molecule has 408 valence electrons. The lowest BCUT2D eigenvalue weighted by Crippen LogP contribution is -2.28. The first kappa shape index (κ1) is 67.6. The maximum absolute atomic E-state index is 12.3. The van der Waals surface area contributed by atoms with Crippen LogP contribution >= 0.6 is 0 Å². The van der Waals surface area contributed by atoms with Crippen LogP contribution < -0.4 is 0 Å². The molecule has 5 heteroatoms. The molecule has 0 spiro atoms. The molecule has 0 rings (SSSR count). The first-order valence-corrected chi connectivity index (χ1v) is 30.8. The smallest absolute Gasteiger partial charge is 0.306 e. The molecule has 0 radical (unpaired) electrons. The molecule has 0 fully saturated rings. The Morgan fingerprint density at radius 1 is 0.343 bits per heavy atom. The van der Waals surface area contributed by atoms with Crippen molar-refractivity contribution in [1.82, 2.24) is 0 Å². The highest BCUT2D eigenvalue weighted by molar-refractivity contribution is 5.70. The van der Waals surface area contributed by atoms with Gasteiger partial charge >= 0.3 is 11.9 Å². The fourth-order valence-electron chi connectivity index (χ4n) is 9.23. The lowest BCUT2D eigenvalue weighted by atomic mass is 10.0. The minimum atomic E-state index is -0.768. The maximum atomic E-state index is 12.3. The van der Waals surface area contributed by atoms with Gasteiger partial charge in [-0.2, -0.15) is 0 Å². The molecule has 0 aromatic carbocycles. The van der Waals surface area contributed by atoms with Crippen LogP contribution in [0.5, 0.6) is 0 Å².